The van der Waals surface area contributed by atoms with E-state index in [0.29, 0.717) is 25.7 Å². The highest BCUT2D eigenvalue weighted by molar-refractivity contribution is 5.88. The second-order valence-electron chi connectivity index (χ2n) is 6.09. The highest BCUT2D eigenvalue weighted by atomic mass is 16.2. The summed E-state index contributed by atoms with van der Waals surface area (Å²) in [6.45, 7) is 0.484. The summed E-state index contributed by atoms with van der Waals surface area (Å²) < 4.78 is 0. The van der Waals surface area contributed by atoms with Gasteiger partial charge >= 0.3 is 6.03 Å². The maximum atomic E-state index is 12.8. The van der Waals surface area contributed by atoms with Gasteiger partial charge in [-0.25, -0.2) is 19.8 Å². The van der Waals surface area contributed by atoms with Crippen LogP contribution in [0, 0.1) is 0 Å². The molecular formula is C17H20N4O4. The number of hydrogen-bond acceptors (Lipinski definition) is 4. The minimum atomic E-state index is -0.683. The lowest BCUT2D eigenvalue weighted by Crippen LogP contribution is -2.61. The minimum Gasteiger partial charge on any atom is -0.301 e. The third-order valence-corrected chi connectivity index (χ3v) is 4.33. The molecule has 25 heavy (non-hydrogen) atoms. The fourth-order valence-electron chi connectivity index (χ4n) is 3.11. The van der Waals surface area contributed by atoms with Crippen LogP contribution in [0.15, 0.2) is 30.3 Å². The van der Waals surface area contributed by atoms with Gasteiger partial charge < -0.3 is 4.79 Å². The first kappa shape index (κ1) is 16.9. The van der Waals surface area contributed by atoms with Crippen molar-refractivity contribution < 1.29 is 19.2 Å². The third-order valence-electron chi connectivity index (χ3n) is 4.33. The standard InChI is InChI=1S/C17H20N4O4/c22-12-14-7-4-9-20-16(24)8-10-19(17(25)21(14)20)18-15(23)11-13-5-2-1-3-6-13/h1-3,5-6,12,14H,4,7-11H2,(H,18,23)/t14-/m0/s1. The maximum absolute atomic E-state index is 12.8. The summed E-state index contributed by atoms with van der Waals surface area (Å²) >= 11 is 0. The van der Waals surface area contributed by atoms with E-state index in [9.17, 15) is 19.2 Å². The van der Waals surface area contributed by atoms with Crippen molar-refractivity contribution in [3.63, 3.8) is 0 Å². The van der Waals surface area contributed by atoms with E-state index in [-0.39, 0.29) is 31.2 Å². The van der Waals surface area contributed by atoms with Gasteiger partial charge in [-0.05, 0) is 18.4 Å². The zero-order valence-corrected chi connectivity index (χ0v) is 13.8. The zero-order valence-electron chi connectivity index (χ0n) is 13.8. The normalized spacial score (nSPS) is 20.8. The van der Waals surface area contributed by atoms with Gasteiger partial charge in [0.05, 0.1) is 13.0 Å². The molecular weight excluding hydrogens is 324 g/mol. The molecule has 2 heterocycles. The molecule has 8 nitrogen and oxygen atoms in total. The molecule has 0 aromatic heterocycles. The van der Waals surface area contributed by atoms with E-state index < -0.39 is 12.1 Å². The molecule has 8 heteroatoms. The molecule has 0 radical (unpaired) electrons. The summed E-state index contributed by atoms with van der Waals surface area (Å²) in [6, 6.07) is 7.93. The number of urea groups is 1. The van der Waals surface area contributed by atoms with Crippen LogP contribution in [0.1, 0.15) is 24.8 Å². The summed E-state index contributed by atoms with van der Waals surface area (Å²) in [6.07, 6.45) is 2.07. The number of aldehydes is 1. The van der Waals surface area contributed by atoms with Gasteiger partial charge in [0.1, 0.15) is 12.3 Å². The number of benzene rings is 1. The van der Waals surface area contributed by atoms with E-state index >= 15 is 0 Å². The zero-order chi connectivity index (χ0) is 17.8. The molecule has 2 aliphatic rings. The van der Waals surface area contributed by atoms with Gasteiger partial charge in [0.15, 0.2) is 0 Å². The van der Waals surface area contributed by atoms with E-state index in [0.717, 1.165) is 10.6 Å². The number of nitrogens with one attached hydrogen (secondary N) is 1. The number of rotatable bonds is 4. The van der Waals surface area contributed by atoms with E-state index in [4.69, 9.17) is 0 Å². The second-order valence-corrected chi connectivity index (χ2v) is 6.09. The van der Waals surface area contributed by atoms with Crippen molar-refractivity contribution in [3.8, 4) is 0 Å². The SMILES string of the molecule is O=C[C@@H]1CCCN2C(=O)CCN(NC(=O)Cc3ccccc3)C(=O)N12. The van der Waals surface area contributed by atoms with E-state index in [1.165, 1.54) is 10.0 Å². The Bertz CT molecular complexity index is 678. The van der Waals surface area contributed by atoms with Crippen LogP contribution in [-0.2, 0) is 20.8 Å². The number of hydrazine groups is 2. The Morgan fingerprint density at radius 1 is 1.20 bits per heavy atom. The van der Waals surface area contributed by atoms with Gasteiger partial charge in [0.25, 0.3) is 0 Å². The Kier molecular flexibility index (Phi) is 4.97. The summed E-state index contributed by atoms with van der Waals surface area (Å²) in [5, 5.41) is 3.63. The monoisotopic (exact) mass is 344 g/mol. The molecule has 0 saturated carbocycles. The smallest absolute Gasteiger partial charge is 0.301 e. The number of fused-ring (bicyclic) bond motifs is 1. The molecule has 4 amide bonds. The van der Waals surface area contributed by atoms with Crippen molar-refractivity contribution in [2.75, 3.05) is 13.1 Å². The summed E-state index contributed by atoms with van der Waals surface area (Å²) in [5.41, 5.74) is 3.39. The predicted octanol–water partition coefficient (Wildman–Crippen LogP) is 0.493. The molecule has 1 atom stereocenters. The number of hydrogen-bond donors (Lipinski definition) is 1. The van der Waals surface area contributed by atoms with E-state index in [1.54, 1.807) is 0 Å². The first-order chi connectivity index (χ1) is 12.1. The Labute approximate surface area is 145 Å². The van der Waals surface area contributed by atoms with E-state index in [1.807, 2.05) is 30.3 Å². The van der Waals surface area contributed by atoms with Gasteiger partial charge in [-0.15, -0.1) is 0 Å². The first-order valence-electron chi connectivity index (χ1n) is 8.30. The summed E-state index contributed by atoms with van der Waals surface area (Å²) in [7, 11) is 0. The van der Waals surface area contributed by atoms with Crippen LogP contribution in [0.4, 0.5) is 4.79 Å². The summed E-state index contributed by atoms with van der Waals surface area (Å²) in [5.74, 6) is -0.570. The molecule has 2 saturated heterocycles. The van der Waals surface area contributed by atoms with Crippen LogP contribution in [0.2, 0.25) is 0 Å². The molecule has 1 N–H and O–H groups in total. The quantitative estimate of drug-likeness (QED) is 0.805. The van der Waals surface area contributed by atoms with Crippen LogP contribution in [0.25, 0.3) is 0 Å². The number of carbonyl (C=O) groups excluding carboxylic acids is 4. The van der Waals surface area contributed by atoms with Gasteiger partial charge in [0.2, 0.25) is 11.8 Å². The second kappa shape index (κ2) is 7.33. The molecule has 0 bridgehead atoms. The molecule has 3 rings (SSSR count). The van der Waals surface area contributed by atoms with Gasteiger partial charge in [0, 0.05) is 13.0 Å². The number of carbonyl (C=O) groups is 4. The lowest BCUT2D eigenvalue weighted by molar-refractivity contribution is -0.151. The number of amides is 4. The molecule has 0 spiro atoms. The third kappa shape index (κ3) is 3.62. The van der Waals surface area contributed by atoms with Crippen LogP contribution < -0.4 is 5.43 Å². The lowest BCUT2D eigenvalue weighted by Gasteiger charge is -2.41. The van der Waals surface area contributed by atoms with Crippen LogP contribution in [0.5, 0.6) is 0 Å². The predicted molar refractivity (Wildman–Crippen MR) is 87.6 cm³/mol. The average Bonchev–Trinajstić information content (AvgIpc) is 2.74. The Hall–Kier alpha value is -2.90. The molecule has 0 unspecified atom stereocenters. The van der Waals surface area contributed by atoms with Gasteiger partial charge in [-0.3, -0.25) is 15.0 Å². The van der Waals surface area contributed by atoms with Crippen molar-refractivity contribution in [3.05, 3.63) is 35.9 Å². The van der Waals surface area contributed by atoms with E-state index in [2.05, 4.69) is 5.43 Å². The average molecular weight is 344 g/mol. The molecule has 2 fully saturated rings. The van der Waals surface area contributed by atoms with Crippen LogP contribution in [0.3, 0.4) is 0 Å². The lowest BCUT2D eigenvalue weighted by atomic mass is 10.1. The molecule has 132 valence electrons. The Balaban J connectivity index is 1.73. The minimum absolute atomic E-state index is 0.0801. The molecule has 1 aromatic carbocycles. The highest BCUT2D eigenvalue weighted by Gasteiger charge is 2.40. The highest BCUT2D eigenvalue weighted by Crippen LogP contribution is 2.22. The fourth-order valence-corrected chi connectivity index (χ4v) is 3.11. The van der Waals surface area contributed by atoms with Crippen LogP contribution >= 0.6 is 0 Å². The first-order valence-corrected chi connectivity index (χ1v) is 8.30. The largest absolute Gasteiger partial charge is 0.358 e. The van der Waals surface area contributed by atoms with Crippen molar-refractivity contribution >= 4 is 24.1 Å². The molecule has 2 aliphatic heterocycles. The maximum Gasteiger partial charge on any atom is 0.358 e. The Morgan fingerprint density at radius 3 is 2.68 bits per heavy atom. The fraction of sp³-hybridized carbons (Fsp3) is 0.412. The van der Waals surface area contributed by atoms with Crippen LogP contribution in [-0.4, -0.2) is 58.3 Å². The Morgan fingerprint density at radius 2 is 1.96 bits per heavy atom. The van der Waals surface area contributed by atoms with Crippen molar-refractivity contribution in [1.82, 2.24) is 20.5 Å². The number of nitrogens with zero attached hydrogens (tertiary/aromatic N) is 3. The summed E-state index contributed by atoms with van der Waals surface area (Å²) in [4.78, 5) is 48.6. The van der Waals surface area contributed by atoms with Gasteiger partial charge in [-0.1, -0.05) is 30.3 Å². The van der Waals surface area contributed by atoms with Crippen molar-refractivity contribution in [2.24, 2.45) is 0 Å². The molecule has 1 aromatic rings. The molecule has 0 aliphatic carbocycles. The van der Waals surface area contributed by atoms with Crippen molar-refractivity contribution in [1.29, 1.82) is 0 Å². The van der Waals surface area contributed by atoms with Crippen molar-refractivity contribution in [2.45, 2.75) is 31.7 Å². The van der Waals surface area contributed by atoms with Gasteiger partial charge in [-0.2, -0.15) is 0 Å². The topological polar surface area (TPSA) is 90.0 Å².